The van der Waals surface area contributed by atoms with Gasteiger partial charge in [0.05, 0.1) is 0 Å². The van der Waals surface area contributed by atoms with Crippen LogP contribution in [0.25, 0.3) is 0 Å². The van der Waals surface area contributed by atoms with Crippen LogP contribution >= 0.6 is 0 Å². The van der Waals surface area contributed by atoms with Crippen molar-refractivity contribution in [1.82, 2.24) is 0 Å². The van der Waals surface area contributed by atoms with E-state index in [-0.39, 0.29) is 35.5 Å². The molecule has 0 aliphatic heterocycles. The van der Waals surface area contributed by atoms with Crippen LogP contribution < -0.4 is 5.73 Å². The fourth-order valence-electron chi connectivity index (χ4n) is 2.37. The predicted octanol–water partition coefficient (Wildman–Crippen LogP) is 4.21. The average Bonchev–Trinajstić information content (AvgIpc) is 2.49. The first-order valence-corrected chi connectivity index (χ1v) is 10.8. The number of rotatable bonds is 15. The number of unbranched alkanes of at least 4 members (excludes halogenated alkanes) is 11. The van der Waals surface area contributed by atoms with Crippen LogP contribution in [0, 0.1) is 0 Å². The molecule has 0 aromatic rings. The van der Waals surface area contributed by atoms with Gasteiger partial charge in [0.25, 0.3) is 0 Å². The molecule has 4 N–H and O–H groups in total. The molecule has 0 bridgehead atoms. The van der Waals surface area contributed by atoms with Crippen LogP contribution in [0.2, 0.25) is 0 Å². The van der Waals surface area contributed by atoms with E-state index in [1.807, 2.05) is 0 Å². The zero-order valence-electron chi connectivity index (χ0n) is 15.7. The second kappa shape index (κ2) is 23.1. The fourth-order valence-corrected chi connectivity index (χ4v) is 2.37. The number of hydrogen-bond acceptors (Lipinski definition) is 3. The van der Waals surface area contributed by atoms with Crippen molar-refractivity contribution in [1.29, 1.82) is 0 Å². The third-order valence-corrected chi connectivity index (χ3v) is 3.68. The molecule has 0 radical (unpaired) electrons. The van der Waals surface area contributed by atoms with E-state index in [9.17, 15) is 4.79 Å². The van der Waals surface area contributed by atoms with E-state index in [1.54, 1.807) is 0 Å². The molecule has 0 unspecified atom stereocenters. The van der Waals surface area contributed by atoms with Gasteiger partial charge in [0.2, 0.25) is 5.91 Å². The van der Waals surface area contributed by atoms with Crippen molar-refractivity contribution in [2.24, 2.45) is 5.73 Å². The minimum atomic E-state index is -4.67. The summed E-state index contributed by atoms with van der Waals surface area (Å²) < 4.78 is 31.6. The van der Waals surface area contributed by atoms with Crippen LogP contribution in [-0.2, 0) is 15.2 Å². The van der Waals surface area contributed by atoms with E-state index < -0.39 is 10.4 Å². The van der Waals surface area contributed by atoms with Crippen LogP contribution in [0.3, 0.4) is 0 Å². The van der Waals surface area contributed by atoms with Crippen LogP contribution in [-0.4, -0.2) is 53.0 Å². The Bertz CT molecular complexity index is 419. The first kappa shape index (κ1) is 30.8. The quantitative estimate of drug-likeness (QED) is 0.164. The Morgan fingerprint density at radius 3 is 1.54 bits per heavy atom. The van der Waals surface area contributed by atoms with Crippen molar-refractivity contribution in [3.63, 3.8) is 0 Å². The summed E-state index contributed by atoms with van der Waals surface area (Å²) in [5, 5.41) is 0. The molecule has 0 atom stereocenters. The molecule has 0 saturated carbocycles. The van der Waals surface area contributed by atoms with Crippen molar-refractivity contribution in [2.75, 3.05) is 0 Å². The van der Waals surface area contributed by atoms with Gasteiger partial charge in [0.15, 0.2) is 0 Å². The van der Waals surface area contributed by atoms with E-state index in [0.717, 1.165) is 12.8 Å². The average molecular weight is 404 g/mol. The second-order valence-corrected chi connectivity index (χ2v) is 7.14. The summed E-state index contributed by atoms with van der Waals surface area (Å²) in [5.74, 6) is -0.164. The van der Waals surface area contributed by atoms with Gasteiger partial charge in [-0.3, -0.25) is 13.9 Å². The van der Waals surface area contributed by atoms with Crippen molar-refractivity contribution < 1.29 is 22.3 Å². The molecule has 0 saturated heterocycles. The van der Waals surface area contributed by atoms with E-state index in [2.05, 4.69) is 19.1 Å². The first-order valence-electron chi connectivity index (χ1n) is 9.40. The minimum absolute atomic E-state index is 0. The second-order valence-electron chi connectivity index (χ2n) is 6.25. The van der Waals surface area contributed by atoms with Crippen molar-refractivity contribution >= 4 is 45.9 Å². The number of carbonyl (C=O) groups is 1. The van der Waals surface area contributed by atoms with Gasteiger partial charge in [-0.1, -0.05) is 70.4 Å². The molecule has 152 valence electrons. The Morgan fingerprint density at radius 2 is 1.15 bits per heavy atom. The van der Waals surface area contributed by atoms with Crippen LogP contribution in [0.4, 0.5) is 0 Å². The summed E-state index contributed by atoms with van der Waals surface area (Å²) in [4.78, 5) is 10.5. The molecule has 0 heterocycles. The molecule has 0 spiro atoms. The standard InChI is InChI=1S/C18H35NO.Na.H2O4S.H/c1-2-3-4-5-6-7-8-9-10-11-12-13-14-15-16-17-18(19)20;;1-5(2,3)4;/h9-10H,2-8,11-17H2,1H3,(H2,19,20);;(H2,1,2,3,4);/b10-9-;;;. The van der Waals surface area contributed by atoms with E-state index in [0.29, 0.717) is 6.42 Å². The number of nitrogens with two attached hydrogens (primary N) is 1. The van der Waals surface area contributed by atoms with Crippen LogP contribution in [0.5, 0.6) is 0 Å². The molecule has 0 rings (SSSR count). The molecule has 6 nitrogen and oxygen atoms in total. The molecule has 0 aromatic heterocycles. The van der Waals surface area contributed by atoms with Gasteiger partial charge in [-0.25, -0.2) is 0 Å². The number of allylic oxidation sites excluding steroid dienone is 2. The van der Waals surface area contributed by atoms with Gasteiger partial charge >= 0.3 is 40.0 Å². The van der Waals surface area contributed by atoms with Gasteiger partial charge in [0.1, 0.15) is 0 Å². The molecule has 0 aliphatic rings. The zero-order chi connectivity index (χ0) is 19.4. The molecule has 0 aromatic carbocycles. The van der Waals surface area contributed by atoms with Crippen molar-refractivity contribution in [3.8, 4) is 0 Å². The summed E-state index contributed by atoms with van der Waals surface area (Å²) in [6.07, 6.45) is 21.9. The molecular formula is C18H38NNaO5S. The molecule has 8 heteroatoms. The van der Waals surface area contributed by atoms with Gasteiger partial charge < -0.3 is 5.73 Å². The Labute approximate surface area is 182 Å². The normalized spacial score (nSPS) is 10.9. The topological polar surface area (TPSA) is 118 Å². The monoisotopic (exact) mass is 403 g/mol. The van der Waals surface area contributed by atoms with Crippen molar-refractivity contribution in [3.05, 3.63) is 12.2 Å². The van der Waals surface area contributed by atoms with Gasteiger partial charge in [0, 0.05) is 6.42 Å². The number of hydrogen-bond donors (Lipinski definition) is 3. The molecule has 0 fully saturated rings. The summed E-state index contributed by atoms with van der Waals surface area (Å²) in [5.41, 5.74) is 5.10. The SMILES string of the molecule is CCCCCCCC/C=C\CCCCCCCC(N)=O.O=S(=O)(O)O.[NaH]. The van der Waals surface area contributed by atoms with Gasteiger partial charge in [-0.05, 0) is 32.1 Å². The van der Waals surface area contributed by atoms with Gasteiger partial charge in [-0.2, -0.15) is 8.42 Å². The summed E-state index contributed by atoms with van der Waals surface area (Å²) in [7, 11) is -4.67. The van der Waals surface area contributed by atoms with E-state index >= 15 is 0 Å². The predicted molar refractivity (Wildman–Crippen MR) is 110 cm³/mol. The number of primary amides is 1. The Kier molecular flexibility index (Phi) is 27.4. The Hall–Kier alpha value is 0.0800. The Balaban J connectivity index is -0.000000772. The third-order valence-electron chi connectivity index (χ3n) is 3.68. The number of amides is 1. The molecule has 0 aliphatic carbocycles. The van der Waals surface area contributed by atoms with Crippen LogP contribution in [0.15, 0.2) is 12.2 Å². The zero-order valence-corrected chi connectivity index (χ0v) is 16.5. The summed E-state index contributed by atoms with van der Waals surface area (Å²) in [6, 6.07) is 0. The third kappa shape index (κ3) is 44.0. The first-order chi connectivity index (χ1) is 11.8. The van der Waals surface area contributed by atoms with E-state index in [4.69, 9.17) is 23.3 Å². The summed E-state index contributed by atoms with van der Waals surface area (Å²) >= 11 is 0. The van der Waals surface area contributed by atoms with E-state index in [1.165, 1.54) is 70.6 Å². The molecule has 1 amide bonds. The van der Waals surface area contributed by atoms with Gasteiger partial charge in [-0.15, -0.1) is 0 Å². The summed E-state index contributed by atoms with van der Waals surface area (Å²) in [6.45, 7) is 2.26. The maximum atomic E-state index is 10.5. The van der Waals surface area contributed by atoms with Crippen molar-refractivity contribution in [2.45, 2.75) is 96.8 Å². The maximum absolute atomic E-state index is 10.5. The Morgan fingerprint density at radius 1 is 0.808 bits per heavy atom. The molecule has 26 heavy (non-hydrogen) atoms. The number of carbonyl (C=O) groups excluding carboxylic acids is 1. The van der Waals surface area contributed by atoms with Crippen LogP contribution in [0.1, 0.15) is 96.8 Å². The fraction of sp³-hybridized carbons (Fsp3) is 0.833. The molecular weight excluding hydrogens is 365 g/mol.